The molecule has 0 saturated heterocycles. The molecule has 4 aromatic rings. The average molecular weight is 690 g/mol. The maximum absolute atomic E-state index is 13.2. The highest BCUT2D eigenvalue weighted by atomic mass is 127. The fourth-order valence-corrected chi connectivity index (χ4v) is 7.72. The molecule has 0 fully saturated rings. The third kappa shape index (κ3) is 6.53. The van der Waals surface area contributed by atoms with Crippen LogP contribution in [-0.2, 0) is 33.4 Å². The van der Waals surface area contributed by atoms with Gasteiger partial charge in [-0.15, -0.1) is 11.3 Å². The van der Waals surface area contributed by atoms with E-state index in [1.807, 2.05) is 24.4 Å². The van der Waals surface area contributed by atoms with Gasteiger partial charge in [0.15, 0.2) is 14.0 Å². The lowest BCUT2D eigenvalue weighted by Crippen LogP contribution is -2.40. The van der Waals surface area contributed by atoms with Crippen molar-refractivity contribution in [2.24, 2.45) is 0 Å². The first-order chi connectivity index (χ1) is 17.3. The van der Waals surface area contributed by atoms with Crippen molar-refractivity contribution in [3.8, 4) is 0 Å². The molecule has 1 aromatic carbocycles. The van der Waals surface area contributed by atoms with Crippen molar-refractivity contribution in [1.82, 2.24) is 18.9 Å². The Morgan fingerprint density at radius 2 is 1.89 bits per heavy atom. The van der Waals surface area contributed by atoms with Crippen molar-refractivity contribution in [3.63, 3.8) is 0 Å². The van der Waals surface area contributed by atoms with Crippen LogP contribution in [0.25, 0.3) is 11.0 Å². The zero-order valence-corrected chi connectivity index (χ0v) is 26.8. The van der Waals surface area contributed by atoms with Crippen molar-refractivity contribution < 1.29 is 12.8 Å². The highest BCUT2D eigenvalue weighted by molar-refractivity contribution is 14.1. The lowest BCUT2D eigenvalue weighted by atomic mass is 10.2. The number of halogens is 2. The summed E-state index contributed by atoms with van der Waals surface area (Å²) in [7, 11) is -5.58. The summed E-state index contributed by atoms with van der Waals surface area (Å²) in [6.45, 7) is 12.1. The third-order valence-corrected chi connectivity index (χ3v) is 14.4. The van der Waals surface area contributed by atoms with Crippen LogP contribution in [0.4, 0.5) is 5.82 Å². The smallest absolute Gasteiger partial charge is 0.244 e. The standard InChI is InChI=1S/C24H29ClIN5O3S2Si/c1-24(2,3)37(4,5)34-14-17-11-27-19(35-17)12-28-21-20-18(26)13-31(22(20)30-23(25)29-21)36(32,33)15-16-9-7-6-8-10-16/h6-11,13H,12,14-15H2,1-5H3,(H,28,29,30). The molecular weight excluding hydrogens is 661 g/mol. The van der Waals surface area contributed by atoms with E-state index in [1.165, 1.54) is 3.97 Å². The van der Waals surface area contributed by atoms with Crippen LogP contribution >= 0.6 is 45.5 Å². The summed E-state index contributed by atoms with van der Waals surface area (Å²) in [6.07, 6.45) is 3.40. The van der Waals surface area contributed by atoms with Gasteiger partial charge in [-0.05, 0) is 57.9 Å². The van der Waals surface area contributed by atoms with E-state index >= 15 is 0 Å². The number of fused-ring (bicyclic) bond motifs is 1. The lowest BCUT2D eigenvalue weighted by molar-refractivity contribution is 0.279. The quantitative estimate of drug-likeness (QED) is 0.119. The first kappa shape index (κ1) is 28.4. The van der Waals surface area contributed by atoms with Gasteiger partial charge in [0.25, 0.3) is 0 Å². The van der Waals surface area contributed by atoms with Gasteiger partial charge in [0.1, 0.15) is 10.8 Å². The fourth-order valence-electron chi connectivity index (χ4n) is 3.35. The molecule has 3 heterocycles. The van der Waals surface area contributed by atoms with Crippen molar-refractivity contribution in [2.45, 2.75) is 57.8 Å². The number of hydrogen-bond donors (Lipinski definition) is 1. The first-order valence-corrected chi connectivity index (χ1v) is 18.4. The predicted molar refractivity (Wildman–Crippen MR) is 161 cm³/mol. The number of nitrogens with zero attached hydrogens (tertiary/aromatic N) is 4. The van der Waals surface area contributed by atoms with Crippen LogP contribution in [-0.4, -0.2) is 35.7 Å². The second-order valence-electron chi connectivity index (χ2n) is 10.2. The van der Waals surface area contributed by atoms with Gasteiger partial charge in [-0.3, -0.25) is 0 Å². The molecule has 1 N–H and O–H groups in total. The molecular formula is C24H29ClIN5O3S2Si. The molecule has 0 aliphatic carbocycles. The van der Waals surface area contributed by atoms with Gasteiger partial charge in [-0.1, -0.05) is 51.1 Å². The maximum atomic E-state index is 13.2. The Bertz CT molecular complexity index is 1520. The maximum Gasteiger partial charge on any atom is 0.244 e. The molecule has 4 rings (SSSR count). The number of rotatable bonds is 9. The number of anilines is 1. The van der Waals surface area contributed by atoms with Crippen LogP contribution in [0.15, 0.2) is 42.7 Å². The van der Waals surface area contributed by atoms with Gasteiger partial charge >= 0.3 is 0 Å². The van der Waals surface area contributed by atoms with Crippen LogP contribution < -0.4 is 5.32 Å². The molecule has 0 spiro atoms. The minimum atomic E-state index is -3.73. The molecule has 8 nitrogen and oxygen atoms in total. The molecule has 13 heteroatoms. The van der Waals surface area contributed by atoms with Crippen molar-refractivity contribution in [2.75, 3.05) is 5.32 Å². The molecule has 0 radical (unpaired) electrons. The summed E-state index contributed by atoms with van der Waals surface area (Å²) in [5.41, 5.74) is 0.931. The summed E-state index contributed by atoms with van der Waals surface area (Å²) >= 11 is 9.89. The van der Waals surface area contributed by atoms with Gasteiger partial charge in [-0.2, -0.15) is 9.97 Å². The van der Waals surface area contributed by atoms with Crippen LogP contribution in [0.3, 0.4) is 0 Å². The van der Waals surface area contributed by atoms with E-state index in [0.29, 0.717) is 33.5 Å². The van der Waals surface area contributed by atoms with E-state index in [9.17, 15) is 8.42 Å². The Morgan fingerprint density at radius 3 is 2.57 bits per heavy atom. The largest absolute Gasteiger partial charge is 0.412 e. The molecule has 3 aromatic heterocycles. The van der Waals surface area contributed by atoms with Gasteiger partial charge in [0.2, 0.25) is 15.3 Å². The Morgan fingerprint density at radius 1 is 1.19 bits per heavy atom. The molecule has 0 amide bonds. The van der Waals surface area contributed by atoms with Crippen LogP contribution in [0.1, 0.15) is 36.2 Å². The Hall–Kier alpha value is -1.58. The van der Waals surface area contributed by atoms with E-state index in [2.05, 4.69) is 76.7 Å². The fraction of sp³-hybridized carbons (Fsp3) is 0.375. The Balaban J connectivity index is 1.54. The number of benzene rings is 1. The van der Waals surface area contributed by atoms with Crippen LogP contribution in [0.5, 0.6) is 0 Å². The van der Waals surface area contributed by atoms with Gasteiger partial charge in [-0.25, -0.2) is 17.4 Å². The molecule has 0 aliphatic rings. The zero-order chi connectivity index (χ0) is 27.0. The summed E-state index contributed by atoms with van der Waals surface area (Å²) in [6, 6.07) is 9.04. The highest BCUT2D eigenvalue weighted by Gasteiger charge is 2.37. The second-order valence-corrected chi connectivity index (χ2v) is 19.5. The molecule has 0 aliphatic heterocycles. The molecule has 37 heavy (non-hydrogen) atoms. The monoisotopic (exact) mass is 689 g/mol. The third-order valence-electron chi connectivity index (χ3n) is 6.42. The highest BCUT2D eigenvalue weighted by Crippen LogP contribution is 2.37. The summed E-state index contributed by atoms with van der Waals surface area (Å²) in [5, 5.41) is 4.84. The van der Waals surface area contributed by atoms with E-state index in [4.69, 9.17) is 16.0 Å². The van der Waals surface area contributed by atoms with Crippen molar-refractivity contribution in [1.29, 1.82) is 0 Å². The van der Waals surface area contributed by atoms with Gasteiger partial charge in [0.05, 0.1) is 24.3 Å². The SMILES string of the molecule is CC(C)(C)[Si](C)(C)OCc1cnc(CNc2nc(Cl)nc3c2c(I)cn3S(=O)(=O)Cc2ccccc2)s1. The Labute approximate surface area is 241 Å². The van der Waals surface area contributed by atoms with Crippen molar-refractivity contribution >= 4 is 80.7 Å². The van der Waals surface area contributed by atoms with E-state index in [0.717, 1.165) is 9.88 Å². The van der Waals surface area contributed by atoms with Crippen LogP contribution in [0.2, 0.25) is 23.4 Å². The zero-order valence-electron chi connectivity index (χ0n) is 21.2. The second kappa shape index (κ2) is 10.9. The topological polar surface area (TPSA) is 99.0 Å². The first-order valence-electron chi connectivity index (χ1n) is 11.6. The molecule has 0 atom stereocenters. The number of nitrogens with one attached hydrogen (secondary N) is 1. The molecule has 0 saturated carbocycles. The number of aromatic nitrogens is 4. The number of thiazole rings is 1. The molecule has 198 valence electrons. The number of hydrogen-bond acceptors (Lipinski definition) is 8. The Kier molecular flexibility index (Phi) is 8.36. The predicted octanol–water partition coefficient (Wildman–Crippen LogP) is 6.66. The normalized spacial score (nSPS) is 12.8. The van der Waals surface area contributed by atoms with Gasteiger partial charge in [0, 0.05) is 20.8 Å². The van der Waals surface area contributed by atoms with E-state index < -0.39 is 18.3 Å². The van der Waals surface area contributed by atoms with Gasteiger partial charge < -0.3 is 9.74 Å². The minimum Gasteiger partial charge on any atom is -0.412 e. The summed E-state index contributed by atoms with van der Waals surface area (Å²) in [5.74, 6) is 0.305. The van der Waals surface area contributed by atoms with E-state index in [-0.39, 0.29) is 21.7 Å². The minimum absolute atomic E-state index is 0.0386. The summed E-state index contributed by atoms with van der Waals surface area (Å²) < 4.78 is 34.7. The van der Waals surface area contributed by atoms with Crippen LogP contribution in [0, 0.1) is 3.57 Å². The molecule has 0 unspecified atom stereocenters. The summed E-state index contributed by atoms with van der Waals surface area (Å²) in [4.78, 5) is 14.2. The van der Waals surface area contributed by atoms with E-state index in [1.54, 1.807) is 29.7 Å². The average Bonchev–Trinajstić information content (AvgIpc) is 3.40. The molecule has 0 bridgehead atoms. The lowest BCUT2D eigenvalue weighted by Gasteiger charge is -2.35. The van der Waals surface area contributed by atoms with Crippen molar-refractivity contribution in [3.05, 3.63) is 67.0 Å².